The van der Waals surface area contributed by atoms with Crippen molar-refractivity contribution < 1.29 is 9.47 Å². The fourth-order valence-corrected chi connectivity index (χ4v) is 4.02. The average Bonchev–Trinajstić information content (AvgIpc) is 3.27. The van der Waals surface area contributed by atoms with E-state index in [4.69, 9.17) is 21.1 Å². The van der Waals surface area contributed by atoms with Gasteiger partial charge in [-0.3, -0.25) is 5.10 Å². The van der Waals surface area contributed by atoms with Gasteiger partial charge in [0.1, 0.15) is 0 Å². The molecule has 0 bridgehead atoms. The normalized spacial score (nSPS) is 17.7. The lowest BCUT2D eigenvalue weighted by Gasteiger charge is -2.37. The van der Waals surface area contributed by atoms with Crippen LogP contribution in [0.5, 0.6) is 11.5 Å². The molecule has 1 aromatic heterocycles. The minimum atomic E-state index is -0.0686. The van der Waals surface area contributed by atoms with Crippen LogP contribution in [0.1, 0.15) is 35.3 Å². The highest BCUT2D eigenvalue weighted by molar-refractivity contribution is 6.30. The molecule has 1 N–H and O–H groups in total. The predicted molar refractivity (Wildman–Crippen MR) is 105 cm³/mol. The number of aryl methyl sites for hydroxylation is 1. The van der Waals surface area contributed by atoms with E-state index in [1.807, 2.05) is 37.3 Å². The highest BCUT2D eigenvalue weighted by Crippen LogP contribution is 2.46. The molecule has 0 saturated heterocycles. The van der Waals surface area contributed by atoms with Gasteiger partial charge in [-0.05, 0) is 60.9 Å². The Bertz CT molecular complexity index is 1070. The molecule has 6 heteroatoms. The number of fused-ring (bicyclic) bond motifs is 2. The van der Waals surface area contributed by atoms with Gasteiger partial charge in [-0.2, -0.15) is 5.10 Å². The molecule has 2 aliphatic rings. The summed E-state index contributed by atoms with van der Waals surface area (Å²) in [4.78, 5) is 2.22. The van der Waals surface area contributed by atoms with Crippen LogP contribution in [0.3, 0.4) is 0 Å². The van der Waals surface area contributed by atoms with Gasteiger partial charge in [0.05, 0.1) is 6.04 Å². The van der Waals surface area contributed by atoms with E-state index in [2.05, 4.69) is 40.2 Å². The van der Waals surface area contributed by atoms with Gasteiger partial charge in [0.2, 0.25) is 6.79 Å². The topological polar surface area (TPSA) is 50.4 Å². The molecule has 0 fully saturated rings. The SMILES string of the molecule is CC1=Cc2cc3c(cc2C(c2cccc(Cl)c2)N1c1cc(C)[nH]n1)OCO3. The molecule has 0 saturated carbocycles. The number of H-pyrrole nitrogens is 1. The lowest BCUT2D eigenvalue weighted by atomic mass is 9.88. The third-order valence-electron chi connectivity index (χ3n) is 4.98. The zero-order chi connectivity index (χ0) is 18.5. The van der Waals surface area contributed by atoms with E-state index in [0.717, 1.165) is 45.4 Å². The van der Waals surface area contributed by atoms with Crippen molar-refractivity contribution in [3.63, 3.8) is 0 Å². The van der Waals surface area contributed by atoms with Gasteiger partial charge in [-0.25, -0.2) is 0 Å². The van der Waals surface area contributed by atoms with E-state index < -0.39 is 0 Å². The Morgan fingerprint density at radius 2 is 1.93 bits per heavy atom. The van der Waals surface area contributed by atoms with Crippen molar-refractivity contribution >= 4 is 23.5 Å². The maximum absolute atomic E-state index is 6.32. The molecule has 0 spiro atoms. The van der Waals surface area contributed by atoms with E-state index in [-0.39, 0.29) is 12.8 Å². The van der Waals surface area contributed by atoms with Gasteiger partial charge in [0.25, 0.3) is 0 Å². The Hall–Kier alpha value is -2.92. The summed E-state index contributed by atoms with van der Waals surface area (Å²) in [6, 6.07) is 14.1. The molecular weight excluding hydrogens is 362 g/mol. The van der Waals surface area contributed by atoms with Gasteiger partial charge in [0, 0.05) is 22.5 Å². The molecule has 1 unspecified atom stereocenters. The van der Waals surface area contributed by atoms with Crippen molar-refractivity contribution in [1.29, 1.82) is 0 Å². The smallest absolute Gasteiger partial charge is 0.231 e. The van der Waals surface area contributed by atoms with Gasteiger partial charge >= 0.3 is 0 Å². The first-order valence-electron chi connectivity index (χ1n) is 8.79. The molecule has 3 heterocycles. The molecule has 5 nitrogen and oxygen atoms in total. The van der Waals surface area contributed by atoms with Crippen molar-refractivity contribution in [3.8, 4) is 11.5 Å². The van der Waals surface area contributed by atoms with Crippen LogP contribution in [0, 0.1) is 6.92 Å². The summed E-state index contributed by atoms with van der Waals surface area (Å²) in [6.07, 6.45) is 2.16. The second-order valence-corrected chi connectivity index (χ2v) is 7.29. The molecule has 5 rings (SSSR count). The summed E-state index contributed by atoms with van der Waals surface area (Å²) in [6.45, 7) is 4.35. The molecule has 27 heavy (non-hydrogen) atoms. The minimum Gasteiger partial charge on any atom is -0.454 e. The van der Waals surface area contributed by atoms with Crippen LogP contribution in [0.25, 0.3) is 6.08 Å². The second kappa shape index (κ2) is 6.06. The van der Waals surface area contributed by atoms with Crippen LogP contribution >= 0.6 is 11.6 Å². The number of nitrogens with one attached hydrogen (secondary N) is 1. The Morgan fingerprint density at radius 1 is 1.11 bits per heavy atom. The number of nitrogens with zero attached hydrogens (tertiary/aromatic N) is 2. The third-order valence-corrected chi connectivity index (χ3v) is 5.21. The van der Waals surface area contributed by atoms with Gasteiger partial charge in [-0.15, -0.1) is 0 Å². The van der Waals surface area contributed by atoms with Gasteiger partial charge in [0.15, 0.2) is 17.3 Å². The monoisotopic (exact) mass is 379 g/mol. The Labute approximate surface area is 162 Å². The van der Waals surface area contributed by atoms with Crippen LogP contribution in [-0.2, 0) is 0 Å². The molecule has 3 aromatic rings. The van der Waals surface area contributed by atoms with E-state index in [1.165, 1.54) is 0 Å². The molecule has 2 aromatic carbocycles. The summed E-state index contributed by atoms with van der Waals surface area (Å²) in [7, 11) is 0. The number of halogens is 1. The number of anilines is 1. The molecule has 136 valence electrons. The molecule has 0 amide bonds. The summed E-state index contributed by atoms with van der Waals surface area (Å²) in [5, 5.41) is 8.26. The summed E-state index contributed by atoms with van der Waals surface area (Å²) < 4.78 is 11.2. The number of ether oxygens (including phenoxy) is 2. The molecule has 1 atom stereocenters. The van der Waals surface area contributed by atoms with E-state index >= 15 is 0 Å². The van der Waals surface area contributed by atoms with Crippen molar-refractivity contribution in [3.05, 3.63) is 75.6 Å². The van der Waals surface area contributed by atoms with Gasteiger partial charge in [-0.1, -0.05) is 23.7 Å². The zero-order valence-corrected chi connectivity index (χ0v) is 15.7. The lowest BCUT2D eigenvalue weighted by Crippen LogP contribution is -2.31. The lowest BCUT2D eigenvalue weighted by molar-refractivity contribution is 0.174. The highest BCUT2D eigenvalue weighted by Gasteiger charge is 2.33. The number of rotatable bonds is 2. The summed E-state index contributed by atoms with van der Waals surface area (Å²) in [5.74, 6) is 2.42. The van der Waals surface area contributed by atoms with Crippen LogP contribution in [0.4, 0.5) is 5.82 Å². The van der Waals surface area contributed by atoms with E-state index in [0.29, 0.717) is 5.02 Å². The number of hydrogen-bond acceptors (Lipinski definition) is 4. The number of aromatic nitrogens is 2. The van der Waals surface area contributed by atoms with Crippen molar-refractivity contribution in [2.45, 2.75) is 19.9 Å². The Kier molecular flexibility index (Phi) is 3.65. The summed E-state index contributed by atoms with van der Waals surface area (Å²) >= 11 is 6.32. The first kappa shape index (κ1) is 16.3. The summed E-state index contributed by atoms with van der Waals surface area (Å²) in [5.41, 5.74) is 5.45. The minimum absolute atomic E-state index is 0.0686. The van der Waals surface area contributed by atoms with Crippen LogP contribution < -0.4 is 14.4 Å². The molecular formula is C21H18ClN3O2. The molecule has 0 radical (unpaired) electrons. The number of benzene rings is 2. The maximum atomic E-state index is 6.32. The van der Waals surface area contributed by atoms with E-state index in [9.17, 15) is 0 Å². The van der Waals surface area contributed by atoms with Crippen LogP contribution in [-0.4, -0.2) is 17.0 Å². The number of allylic oxidation sites excluding steroid dienone is 1. The Balaban J connectivity index is 1.75. The van der Waals surface area contributed by atoms with Crippen LogP contribution in [0.15, 0.2) is 48.2 Å². The standard InChI is InChI=1S/C21H18ClN3O2/c1-12-6-20(24-23-12)25-13(2)7-15-9-18-19(27-11-26-18)10-17(15)21(25)14-4-3-5-16(22)8-14/h3-10,21H,11H2,1-2H3,(H,23,24). The average molecular weight is 380 g/mol. The quantitative estimate of drug-likeness (QED) is 0.675. The number of hydrogen-bond donors (Lipinski definition) is 1. The predicted octanol–water partition coefficient (Wildman–Crippen LogP) is 5.07. The highest BCUT2D eigenvalue weighted by atomic mass is 35.5. The Morgan fingerprint density at radius 3 is 2.67 bits per heavy atom. The molecule has 0 aliphatic carbocycles. The second-order valence-electron chi connectivity index (χ2n) is 6.86. The fraction of sp³-hybridized carbons (Fsp3) is 0.190. The fourth-order valence-electron chi connectivity index (χ4n) is 3.82. The maximum Gasteiger partial charge on any atom is 0.231 e. The number of aromatic amines is 1. The van der Waals surface area contributed by atoms with E-state index in [1.54, 1.807) is 0 Å². The first-order valence-corrected chi connectivity index (χ1v) is 9.16. The largest absolute Gasteiger partial charge is 0.454 e. The zero-order valence-electron chi connectivity index (χ0n) is 15.0. The van der Waals surface area contributed by atoms with Crippen molar-refractivity contribution in [2.75, 3.05) is 11.7 Å². The van der Waals surface area contributed by atoms with Gasteiger partial charge < -0.3 is 14.4 Å². The van der Waals surface area contributed by atoms with Crippen LogP contribution in [0.2, 0.25) is 5.02 Å². The van der Waals surface area contributed by atoms with Crippen molar-refractivity contribution in [2.24, 2.45) is 0 Å². The molecule has 2 aliphatic heterocycles. The third kappa shape index (κ3) is 2.66. The van der Waals surface area contributed by atoms with Crippen molar-refractivity contribution in [1.82, 2.24) is 10.2 Å². The first-order chi connectivity index (χ1) is 13.1.